The smallest absolute Gasteiger partial charge is 0.220 e. The number of aliphatic hydroxyl groups excluding tert-OH is 3. The van der Waals surface area contributed by atoms with Gasteiger partial charge in [-0.2, -0.15) is 0 Å². The molecule has 0 aliphatic carbocycles. The summed E-state index contributed by atoms with van der Waals surface area (Å²) in [4.78, 5) is 11.3. The normalized spacial score (nSPS) is 34.8. The number of amides is 1. The average Bonchev–Trinajstić information content (AvgIpc) is 2.25. The van der Waals surface area contributed by atoms with Gasteiger partial charge in [0.05, 0.1) is 13.2 Å². The highest BCUT2D eigenvalue weighted by Gasteiger charge is 2.40. The molecule has 6 nitrogen and oxygen atoms in total. The predicted molar refractivity (Wildman–Crippen MR) is 56.5 cm³/mol. The lowest BCUT2D eigenvalue weighted by Gasteiger charge is -2.35. The van der Waals surface area contributed by atoms with Crippen molar-refractivity contribution in [1.29, 1.82) is 0 Å². The van der Waals surface area contributed by atoms with Crippen LogP contribution in [-0.4, -0.2) is 58.7 Å². The minimum atomic E-state index is -1.01. The Kier molecular flexibility index (Phi) is 5.14. The predicted octanol–water partition coefficient (Wildman–Crippen LogP) is -3.07. The molecule has 0 aromatic heterocycles. The van der Waals surface area contributed by atoms with Crippen molar-refractivity contribution < 1.29 is 25.4 Å². The number of piperidine rings is 1. The van der Waals surface area contributed by atoms with Crippen molar-refractivity contribution in [1.82, 2.24) is 5.32 Å². The fourth-order valence-electron chi connectivity index (χ4n) is 1.92. The standard InChI is InChI=1S/C10H20N2O4/c1-2-3-8(14)12-6-4-11-7(5-13)10(16)9(6)15/h6-7,9-11,13,15-16H,2-5H2,1H3,(H,12,14)/p+1/t6-,7+,9+,10+/m0/s1. The molecule has 6 N–H and O–H groups in total. The van der Waals surface area contributed by atoms with Gasteiger partial charge in [-0.05, 0) is 6.42 Å². The molecular weight excluding hydrogens is 212 g/mol. The van der Waals surface area contributed by atoms with Gasteiger partial charge >= 0.3 is 0 Å². The third-order valence-corrected chi connectivity index (χ3v) is 2.93. The summed E-state index contributed by atoms with van der Waals surface area (Å²) in [6, 6.07) is -0.855. The number of carbonyl (C=O) groups excluding carboxylic acids is 1. The highest BCUT2D eigenvalue weighted by atomic mass is 16.3. The number of nitrogens with one attached hydrogen (secondary N) is 1. The van der Waals surface area contributed by atoms with Crippen LogP contribution in [0.3, 0.4) is 0 Å². The zero-order valence-electron chi connectivity index (χ0n) is 9.47. The first-order chi connectivity index (χ1) is 7.60. The Bertz CT molecular complexity index is 237. The van der Waals surface area contributed by atoms with Crippen molar-refractivity contribution >= 4 is 5.91 Å². The highest BCUT2D eigenvalue weighted by Crippen LogP contribution is 2.06. The van der Waals surface area contributed by atoms with Crippen LogP contribution in [-0.2, 0) is 4.79 Å². The van der Waals surface area contributed by atoms with Gasteiger partial charge in [0, 0.05) is 6.42 Å². The zero-order chi connectivity index (χ0) is 12.1. The minimum absolute atomic E-state index is 0.116. The largest absolute Gasteiger partial charge is 0.390 e. The molecule has 1 fully saturated rings. The van der Waals surface area contributed by atoms with Crippen molar-refractivity contribution in [2.24, 2.45) is 0 Å². The molecular formula is C10H21N2O4+. The van der Waals surface area contributed by atoms with Gasteiger partial charge in [-0.25, -0.2) is 0 Å². The average molecular weight is 233 g/mol. The molecule has 0 bridgehead atoms. The van der Waals surface area contributed by atoms with Gasteiger partial charge < -0.3 is 26.0 Å². The molecule has 1 rings (SSSR count). The van der Waals surface area contributed by atoms with Gasteiger partial charge in [0.1, 0.15) is 24.3 Å². The van der Waals surface area contributed by atoms with Crippen molar-refractivity contribution in [2.45, 2.75) is 44.1 Å². The molecule has 0 unspecified atom stereocenters. The Morgan fingerprint density at radius 1 is 1.44 bits per heavy atom. The first-order valence-electron chi connectivity index (χ1n) is 5.69. The number of aliphatic hydroxyl groups is 3. The Morgan fingerprint density at radius 3 is 2.69 bits per heavy atom. The van der Waals surface area contributed by atoms with Gasteiger partial charge in [-0.3, -0.25) is 4.79 Å². The van der Waals surface area contributed by atoms with E-state index in [0.717, 1.165) is 6.42 Å². The maximum absolute atomic E-state index is 11.3. The third-order valence-electron chi connectivity index (χ3n) is 2.93. The van der Waals surface area contributed by atoms with Gasteiger partial charge in [0.25, 0.3) is 0 Å². The van der Waals surface area contributed by atoms with Crippen LogP contribution in [0.2, 0.25) is 0 Å². The van der Waals surface area contributed by atoms with Crippen LogP contribution in [0, 0.1) is 0 Å². The lowest BCUT2D eigenvalue weighted by atomic mass is 9.94. The van der Waals surface area contributed by atoms with Gasteiger partial charge in [-0.1, -0.05) is 6.92 Å². The zero-order valence-corrected chi connectivity index (χ0v) is 9.47. The van der Waals surface area contributed by atoms with E-state index in [1.54, 1.807) is 5.32 Å². The molecule has 1 aliphatic heterocycles. The molecule has 4 atom stereocenters. The van der Waals surface area contributed by atoms with E-state index in [4.69, 9.17) is 5.11 Å². The SMILES string of the molecule is CCCC(=O)N[C@H]1C[NH2+][C@H](CO)[C@@H](O)[C@@H]1O. The maximum Gasteiger partial charge on any atom is 0.220 e. The highest BCUT2D eigenvalue weighted by molar-refractivity contribution is 5.76. The van der Waals surface area contributed by atoms with Crippen LogP contribution >= 0.6 is 0 Å². The number of hydrogen-bond donors (Lipinski definition) is 5. The molecule has 1 heterocycles. The summed E-state index contributed by atoms with van der Waals surface area (Å²) in [5.41, 5.74) is 0. The van der Waals surface area contributed by atoms with E-state index in [0.29, 0.717) is 13.0 Å². The van der Waals surface area contributed by atoms with Crippen LogP contribution in [0.1, 0.15) is 19.8 Å². The van der Waals surface area contributed by atoms with Crippen molar-refractivity contribution in [3.05, 3.63) is 0 Å². The second-order valence-electron chi connectivity index (χ2n) is 4.22. The van der Waals surface area contributed by atoms with Crippen molar-refractivity contribution in [2.75, 3.05) is 13.2 Å². The van der Waals surface area contributed by atoms with Crippen LogP contribution in [0.15, 0.2) is 0 Å². The molecule has 0 spiro atoms. The molecule has 0 radical (unpaired) electrons. The lowest BCUT2D eigenvalue weighted by molar-refractivity contribution is -0.712. The molecule has 94 valence electrons. The summed E-state index contributed by atoms with van der Waals surface area (Å²) in [7, 11) is 0. The molecule has 6 heteroatoms. The molecule has 0 aromatic carbocycles. The van der Waals surface area contributed by atoms with Crippen molar-refractivity contribution in [3.8, 4) is 0 Å². The van der Waals surface area contributed by atoms with Gasteiger partial charge in [0.15, 0.2) is 0 Å². The minimum Gasteiger partial charge on any atom is -0.390 e. The monoisotopic (exact) mass is 233 g/mol. The van der Waals surface area contributed by atoms with Crippen LogP contribution in [0.5, 0.6) is 0 Å². The second-order valence-corrected chi connectivity index (χ2v) is 4.22. The van der Waals surface area contributed by atoms with E-state index in [2.05, 4.69) is 5.32 Å². The Balaban J connectivity index is 2.48. The van der Waals surface area contributed by atoms with E-state index in [1.807, 2.05) is 6.92 Å². The molecule has 0 aromatic rings. The van der Waals surface area contributed by atoms with E-state index < -0.39 is 24.3 Å². The van der Waals surface area contributed by atoms with E-state index in [-0.39, 0.29) is 12.5 Å². The van der Waals surface area contributed by atoms with E-state index >= 15 is 0 Å². The van der Waals surface area contributed by atoms with Gasteiger partial charge in [0.2, 0.25) is 5.91 Å². The second kappa shape index (κ2) is 6.15. The summed E-state index contributed by atoms with van der Waals surface area (Å²) < 4.78 is 0. The maximum atomic E-state index is 11.3. The summed E-state index contributed by atoms with van der Waals surface area (Å²) in [5.74, 6) is -0.116. The molecule has 0 saturated carbocycles. The van der Waals surface area contributed by atoms with E-state index in [1.165, 1.54) is 0 Å². The number of quaternary nitrogens is 1. The molecule has 1 amide bonds. The Morgan fingerprint density at radius 2 is 2.12 bits per heavy atom. The summed E-state index contributed by atoms with van der Waals surface area (Å²) in [6.45, 7) is 2.19. The molecule has 1 saturated heterocycles. The molecule has 16 heavy (non-hydrogen) atoms. The fraction of sp³-hybridized carbons (Fsp3) is 0.900. The molecule has 1 aliphatic rings. The number of nitrogens with two attached hydrogens (primary N) is 1. The number of rotatable bonds is 4. The Labute approximate surface area is 94.7 Å². The van der Waals surface area contributed by atoms with Gasteiger partial charge in [-0.15, -0.1) is 0 Å². The summed E-state index contributed by atoms with van der Waals surface area (Å²) in [5, 5.41) is 32.8. The van der Waals surface area contributed by atoms with Crippen LogP contribution in [0.4, 0.5) is 0 Å². The first-order valence-corrected chi connectivity index (χ1v) is 5.69. The van der Waals surface area contributed by atoms with Crippen LogP contribution in [0.25, 0.3) is 0 Å². The Hall–Kier alpha value is -0.690. The first kappa shape index (κ1) is 13.4. The number of hydrogen-bond acceptors (Lipinski definition) is 4. The summed E-state index contributed by atoms with van der Waals surface area (Å²) in [6.07, 6.45) is -0.850. The summed E-state index contributed by atoms with van der Waals surface area (Å²) >= 11 is 0. The topological polar surface area (TPSA) is 106 Å². The lowest BCUT2D eigenvalue weighted by Crippen LogP contribution is -3.00. The van der Waals surface area contributed by atoms with Crippen molar-refractivity contribution in [3.63, 3.8) is 0 Å². The fourth-order valence-corrected chi connectivity index (χ4v) is 1.92. The quantitative estimate of drug-likeness (QED) is 0.355. The van der Waals surface area contributed by atoms with Crippen LogP contribution < -0.4 is 10.6 Å². The van der Waals surface area contributed by atoms with E-state index in [9.17, 15) is 15.0 Å². The third kappa shape index (κ3) is 3.15. The number of carbonyl (C=O) groups is 1.